The van der Waals surface area contributed by atoms with E-state index in [-0.39, 0.29) is 5.54 Å². The molecule has 1 N–H and O–H groups in total. The first kappa shape index (κ1) is 17.2. The summed E-state index contributed by atoms with van der Waals surface area (Å²) in [4.78, 5) is 2.20. The van der Waals surface area contributed by atoms with Crippen LogP contribution in [-0.2, 0) is 17.9 Å². The van der Waals surface area contributed by atoms with Gasteiger partial charge in [0.25, 0.3) is 0 Å². The van der Waals surface area contributed by atoms with E-state index in [0.717, 1.165) is 26.1 Å². The summed E-state index contributed by atoms with van der Waals surface area (Å²) in [6.45, 7) is 9.97. The summed E-state index contributed by atoms with van der Waals surface area (Å²) in [6, 6.07) is 8.51. The number of ether oxygens (including phenoxy) is 1. The van der Waals surface area contributed by atoms with Crippen LogP contribution in [0, 0.1) is 0 Å². The lowest BCUT2D eigenvalue weighted by Gasteiger charge is -2.32. The first-order chi connectivity index (χ1) is 9.47. The van der Waals surface area contributed by atoms with E-state index in [1.54, 1.807) is 0 Å². The molecule has 0 aliphatic carbocycles. The molecular formula is C17H30N2O. The molecule has 114 valence electrons. The van der Waals surface area contributed by atoms with Gasteiger partial charge in [-0.2, -0.15) is 0 Å². The molecule has 0 amide bonds. The van der Waals surface area contributed by atoms with Gasteiger partial charge >= 0.3 is 0 Å². The molecule has 0 aromatic heterocycles. The summed E-state index contributed by atoms with van der Waals surface area (Å²) in [6.07, 6.45) is 1.16. The molecule has 0 spiro atoms. The molecule has 3 nitrogen and oxygen atoms in total. The Balaban J connectivity index is 2.51. The van der Waals surface area contributed by atoms with Gasteiger partial charge in [-0.25, -0.2) is 0 Å². The molecule has 0 atom stereocenters. The van der Waals surface area contributed by atoms with Crippen LogP contribution in [0.15, 0.2) is 24.3 Å². The van der Waals surface area contributed by atoms with Gasteiger partial charge < -0.3 is 15.0 Å². The van der Waals surface area contributed by atoms with E-state index < -0.39 is 0 Å². The predicted octanol–water partition coefficient (Wildman–Crippen LogP) is 3.04. The van der Waals surface area contributed by atoms with Gasteiger partial charge in [0.15, 0.2) is 0 Å². The Morgan fingerprint density at radius 2 is 1.80 bits per heavy atom. The number of benzene rings is 1. The largest absolute Gasteiger partial charge is 0.375 e. The number of hydrogen-bond donors (Lipinski definition) is 1. The molecule has 0 aliphatic rings. The summed E-state index contributed by atoms with van der Waals surface area (Å²) in [7, 11) is 4.18. The summed E-state index contributed by atoms with van der Waals surface area (Å²) >= 11 is 0. The van der Waals surface area contributed by atoms with Crippen molar-refractivity contribution in [3.8, 4) is 0 Å². The Hall–Kier alpha value is -0.900. The van der Waals surface area contributed by atoms with Gasteiger partial charge in [0.05, 0.1) is 13.2 Å². The Morgan fingerprint density at radius 1 is 1.15 bits per heavy atom. The Kier molecular flexibility index (Phi) is 7.20. The highest BCUT2D eigenvalue weighted by molar-refractivity contribution is 5.26. The fraction of sp³-hybridized carbons (Fsp3) is 0.647. The Bertz CT molecular complexity index is 388. The van der Waals surface area contributed by atoms with Gasteiger partial charge in [0, 0.05) is 12.1 Å². The fourth-order valence-corrected chi connectivity index (χ4v) is 1.81. The van der Waals surface area contributed by atoms with E-state index in [9.17, 15) is 0 Å². The molecule has 0 unspecified atom stereocenters. The summed E-state index contributed by atoms with van der Waals surface area (Å²) in [5.74, 6) is 0. The monoisotopic (exact) mass is 278 g/mol. The highest BCUT2D eigenvalue weighted by Gasteiger charge is 2.20. The van der Waals surface area contributed by atoms with Gasteiger partial charge in [0.1, 0.15) is 0 Å². The van der Waals surface area contributed by atoms with Crippen LogP contribution >= 0.6 is 0 Å². The van der Waals surface area contributed by atoms with Crippen LogP contribution in [0.4, 0.5) is 0 Å². The SMILES string of the molecule is CCCNCc1ccccc1COCC(C)(C)N(C)C. The predicted molar refractivity (Wildman–Crippen MR) is 85.9 cm³/mol. The van der Waals surface area contributed by atoms with E-state index in [4.69, 9.17) is 4.74 Å². The van der Waals surface area contributed by atoms with Crippen molar-refractivity contribution in [1.82, 2.24) is 10.2 Å². The minimum Gasteiger partial charge on any atom is -0.375 e. The second-order valence-electron chi connectivity index (χ2n) is 6.15. The molecule has 0 bridgehead atoms. The van der Waals surface area contributed by atoms with Gasteiger partial charge in [-0.15, -0.1) is 0 Å². The Labute approximate surface area is 124 Å². The molecular weight excluding hydrogens is 248 g/mol. The second kappa shape index (κ2) is 8.40. The molecule has 0 aliphatic heterocycles. The van der Waals surface area contributed by atoms with Gasteiger partial charge in [-0.3, -0.25) is 0 Å². The second-order valence-corrected chi connectivity index (χ2v) is 6.15. The third kappa shape index (κ3) is 5.61. The standard InChI is InChI=1S/C17H30N2O/c1-6-11-18-12-15-9-7-8-10-16(15)13-20-14-17(2,3)19(4)5/h7-10,18H,6,11-14H2,1-5H3. The molecule has 0 radical (unpaired) electrons. The van der Waals surface area contributed by atoms with E-state index in [0.29, 0.717) is 6.61 Å². The minimum absolute atomic E-state index is 0.0649. The van der Waals surface area contributed by atoms with Gasteiger partial charge in [0.2, 0.25) is 0 Å². The lowest BCUT2D eigenvalue weighted by atomic mass is 10.1. The van der Waals surface area contributed by atoms with E-state index in [2.05, 4.69) is 69.3 Å². The fourth-order valence-electron chi connectivity index (χ4n) is 1.81. The molecule has 1 aromatic rings. The summed E-state index contributed by atoms with van der Waals surface area (Å²) in [5.41, 5.74) is 2.68. The summed E-state index contributed by atoms with van der Waals surface area (Å²) in [5, 5.41) is 3.45. The number of likely N-dealkylation sites (N-methyl/N-ethyl adjacent to an activating group) is 1. The maximum atomic E-state index is 5.92. The molecule has 1 aromatic carbocycles. The van der Waals surface area contributed by atoms with Crippen LogP contribution in [0.2, 0.25) is 0 Å². The molecule has 20 heavy (non-hydrogen) atoms. The average Bonchev–Trinajstić information content (AvgIpc) is 2.40. The van der Waals surface area contributed by atoms with Crippen molar-refractivity contribution in [2.24, 2.45) is 0 Å². The third-order valence-electron chi connectivity index (χ3n) is 3.78. The minimum atomic E-state index is 0.0649. The van der Waals surface area contributed by atoms with Gasteiger partial charge in [-0.05, 0) is 52.0 Å². The molecule has 0 saturated carbocycles. The van der Waals surface area contributed by atoms with Crippen LogP contribution < -0.4 is 5.32 Å². The highest BCUT2D eigenvalue weighted by Crippen LogP contribution is 2.14. The van der Waals surface area contributed by atoms with Crippen molar-refractivity contribution in [3.05, 3.63) is 35.4 Å². The maximum absolute atomic E-state index is 5.92. The summed E-state index contributed by atoms with van der Waals surface area (Å²) < 4.78 is 5.92. The highest BCUT2D eigenvalue weighted by atomic mass is 16.5. The molecule has 0 saturated heterocycles. The van der Waals surface area contributed by atoms with Crippen molar-refractivity contribution in [1.29, 1.82) is 0 Å². The normalized spacial score (nSPS) is 12.1. The van der Waals surface area contributed by atoms with Crippen LogP contribution in [0.3, 0.4) is 0 Å². The van der Waals surface area contributed by atoms with E-state index in [1.165, 1.54) is 11.1 Å². The van der Waals surface area contributed by atoms with Crippen LogP contribution in [0.1, 0.15) is 38.3 Å². The quantitative estimate of drug-likeness (QED) is 0.703. The number of nitrogens with one attached hydrogen (secondary N) is 1. The lowest BCUT2D eigenvalue weighted by molar-refractivity contribution is 0.0272. The number of hydrogen-bond acceptors (Lipinski definition) is 3. The van der Waals surface area contributed by atoms with Crippen molar-refractivity contribution in [2.45, 2.75) is 45.9 Å². The van der Waals surface area contributed by atoms with Crippen LogP contribution in [0.5, 0.6) is 0 Å². The zero-order valence-corrected chi connectivity index (χ0v) is 13.7. The molecule has 3 heteroatoms. The average molecular weight is 278 g/mol. The van der Waals surface area contributed by atoms with Crippen molar-refractivity contribution in [3.63, 3.8) is 0 Å². The zero-order valence-electron chi connectivity index (χ0n) is 13.7. The first-order valence-electron chi connectivity index (χ1n) is 7.50. The Morgan fingerprint density at radius 3 is 2.40 bits per heavy atom. The molecule has 0 heterocycles. The third-order valence-corrected chi connectivity index (χ3v) is 3.78. The number of nitrogens with zero attached hydrogens (tertiary/aromatic N) is 1. The first-order valence-corrected chi connectivity index (χ1v) is 7.50. The van der Waals surface area contributed by atoms with Crippen LogP contribution in [0.25, 0.3) is 0 Å². The van der Waals surface area contributed by atoms with E-state index >= 15 is 0 Å². The smallest absolute Gasteiger partial charge is 0.0720 e. The topological polar surface area (TPSA) is 24.5 Å². The molecule has 0 fully saturated rings. The maximum Gasteiger partial charge on any atom is 0.0720 e. The number of rotatable bonds is 9. The van der Waals surface area contributed by atoms with Crippen LogP contribution in [-0.4, -0.2) is 37.7 Å². The lowest BCUT2D eigenvalue weighted by Crippen LogP contribution is -2.42. The van der Waals surface area contributed by atoms with E-state index in [1.807, 2.05) is 0 Å². The van der Waals surface area contributed by atoms with Crippen molar-refractivity contribution >= 4 is 0 Å². The van der Waals surface area contributed by atoms with Crippen molar-refractivity contribution in [2.75, 3.05) is 27.2 Å². The molecule has 1 rings (SSSR count). The zero-order chi connectivity index (χ0) is 15.0. The van der Waals surface area contributed by atoms with Crippen molar-refractivity contribution < 1.29 is 4.74 Å². The van der Waals surface area contributed by atoms with Gasteiger partial charge in [-0.1, -0.05) is 31.2 Å².